The highest BCUT2D eigenvalue weighted by Gasteiger charge is 2.19. The summed E-state index contributed by atoms with van der Waals surface area (Å²) >= 11 is 0. The first-order chi connectivity index (χ1) is 13.8. The van der Waals surface area contributed by atoms with Crippen LogP contribution in [-0.2, 0) is 20.9 Å². The van der Waals surface area contributed by atoms with Crippen LogP contribution in [0.4, 0.5) is 5.69 Å². The molecule has 1 atom stereocenters. The third kappa shape index (κ3) is 4.70. The van der Waals surface area contributed by atoms with E-state index in [1.54, 1.807) is 24.3 Å². The SMILES string of the molecule is C[C@@H](OC(=O)CCn1c(=O)oc2ccccc21)C(=O)Nc1ccc(C(N)=O)cc1. The molecular weight excluding hydrogens is 378 g/mol. The molecule has 9 heteroatoms. The van der Waals surface area contributed by atoms with Gasteiger partial charge in [0.1, 0.15) is 0 Å². The number of carbonyl (C=O) groups is 3. The summed E-state index contributed by atoms with van der Waals surface area (Å²) in [4.78, 5) is 47.2. The maximum atomic E-state index is 12.2. The Labute approximate surface area is 165 Å². The molecule has 0 radical (unpaired) electrons. The predicted octanol–water partition coefficient (Wildman–Crippen LogP) is 1.65. The van der Waals surface area contributed by atoms with Crippen LogP contribution >= 0.6 is 0 Å². The summed E-state index contributed by atoms with van der Waals surface area (Å²) in [6.45, 7) is 1.50. The van der Waals surface area contributed by atoms with E-state index in [0.29, 0.717) is 22.4 Å². The average molecular weight is 397 g/mol. The zero-order chi connectivity index (χ0) is 21.0. The molecule has 0 saturated heterocycles. The zero-order valence-corrected chi connectivity index (χ0v) is 15.6. The number of aryl methyl sites for hydroxylation is 1. The van der Waals surface area contributed by atoms with E-state index >= 15 is 0 Å². The van der Waals surface area contributed by atoms with Crippen molar-refractivity contribution in [2.75, 3.05) is 5.32 Å². The lowest BCUT2D eigenvalue weighted by atomic mass is 10.2. The lowest BCUT2D eigenvalue weighted by molar-refractivity contribution is -0.153. The molecule has 0 fully saturated rings. The van der Waals surface area contributed by atoms with Crippen molar-refractivity contribution in [1.29, 1.82) is 0 Å². The number of hydrogen-bond acceptors (Lipinski definition) is 6. The van der Waals surface area contributed by atoms with Gasteiger partial charge < -0.3 is 20.2 Å². The van der Waals surface area contributed by atoms with E-state index in [0.717, 1.165) is 0 Å². The van der Waals surface area contributed by atoms with Gasteiger partial charge in [-0.3, -0.25) is 19.0 Å². The third-order valence-electron chi connectivity index (χ3n) is 4.23. The monoisotopic (exact) mass is 397 g/mol. The number of amides is 2. The van der Waals surface area contributed by atoms with Crippen LogP contribution in [0.15, 0.2) is 57.7 Å². The normalized spacial score (nSPS) is 11.8. The number of benzene rings is 2. The number of nitrogens with two attached hydrogens (primary N) is 1. The van der Waals surface area contributed by atoms with Gasteiger partial charge in [0, 0.05) is 17.8 Å². The molecule has 3 aromatic rings. The molecule has 0 spiro atoms. The van der Waals surface area contributed by atoms with E-state index in [-0.39, 0.29) is 13.0 Å². The minimum Gasteiger partial charge on any atom is -0.452 e. The van der Waals surface area contributed by atoms with Crippen LogP contribution < -0.4 is 16.8 Å². The highest BCUT2D eigenvalue weighted by atomic mass is 16.5. The van der Waals surface area contributed by atoms with Crippen molar-refractivity contribution in [2.24, 2.45) is 5.73 Å². The van der Waals surface area contributed by atoms with Crippen molar-refractivity contribution in [3.05, 3.63) is 64.6 Å². The Morgan fingerprint density at radius 2 is 1.83 bits per heavy atom. The van der Waals surface area contributed by atoms with Crippen LogP contribution in [0, 0.1) is 0 Å². The molecule has 1 heterocycles. The number of oxazole rings is 1. The van der Waals surface area contributed by atoms with E-state index in [1.807, 2.05) is 0 Å². The Bertz CT molecular complexity index is 1110. The van der Waals surface area contributed by atoms with Crippen LogP contribution in [0.5, 0.6) is 0 Å². The molecule has 1 aromatic heterocycles. The van der Waals surface area contributed by atoms with Gasteiger partial charge in [0.25, 0.3) is 5.91 Å². The maximum Gasteiger partial charge on any atom is 0.419 e. The van der Waals surface area contributed by atoms with Crippen molar-refractivity contribution in [1.82, 2.24) is 4.57 Å². The first-order valence-electron chi connectivity index (χ1n) is 8.83. The van der Waals surface area contributed by atoms with Gasteiger partial charge in [-0.2, -0.15) is 0 Å². The number of esters is 1. The summed E-state index contributed by atoms with van der Waals surface area (Å²) in [6, 6.07) is 12.9. The standard InChI is InChI=1S/C20H19N3O6/c1-12(19(26)22-14-8-6-13(7-9-14)18(21)25)28-17(24)10-11-23-15-4-2-3-5-16(15)29-20(23)27/h2-9,12H,10-11H2,1H3,(H2,21,25)(H,22,26)/t12-/m1/s1. The van der Waals surface area contributed by atoms with Gasteiger partial charge in [-0.25, -0.2) is 4.79 Å². The van der Waals surface area contributed by atoms with Crippen LogP contribution in [0.1, 0.15) is 23.7 Å². The number of nitrogens with zero attached hydrogens (tertiary/aromatic N) is 1. The number of rotatable bonds is 7. The van der Waals surface area contributed by atoms with E-state index in [9.17, 15) is 19.2 Å². The summed E-state index contributed by atoms with van der Waals surface area (Å²) in [5, 5.41) is 2.58. The van der Waals surface area contributed by atoms with Crippen molar-refractivity contribution < 1.29 is 23.5 Å². The molecule has 29 heavy (non-hydrogen) atoms. The minimum atomic E-state index is -1.05. The van der Waals surface area contributed by atoms with Crippen LogP contribution in [0.25, 0.3) is 11.1 Å². The molecule has 2 amide bonds. The number of primary amides is 1. The fourth-order valence-corrected chi connectivity index (χ4v) is 2.70. The number of anilines is 1. The Morgan fingerprint density at radius 3 is 2.52 bits per heavy atom. The largest absolute Gasteiger partial charge is 0.452 e. The Hall–Kier alpha value is -3.88. The van der Waals surface area contributed by atoms with Gasteiger partial charge in [0.05, 0.1) is 11.9 Å². The Balaban J connectivity index is 1.54. The predicted molar refractivity (Wildman–Crippen MR) is 104 cm³/mol. The first-order valence-corrected chi connectivity index (χ1v) is 8.83. The van der Waals surface area contributed by atoms with Gasteiger partial charge in [-0.1, -0.05) is 12.1 Å². The minimum absolute atomic E-state index is 0.0671. The molecule has 150 valence electrons. The van der Waals surface area contributed by atoms with Crippen molar-refractivity contribution in [2.45, 2.75) is 26.0 Å². The highest BCUT2D eigenvalue weighted by Crippen LogP contribution is 2.13. The number of nitrogens with one attached hydrogen (secondary N) is 1. The summed E-state index contributed by atoms with van der Waals surface area (Å²) in [5.41, 5.74) is 6.91. The first kappa shape index (κ1) is 19.9. The number of aromatic nitrogens is 1. The molecule has 0 bridgehead atoms. The second-order valence-electron chi connectivity index (χ2n) is 6.30. The molecule has 0 aliphatic rings. The molecule has 0 aliphatic carbocycles. The van der Waals surface area contributed by atoms with E-state index in [1.165, 1.54) is 35.8 Å². The summed E-state index contributed by atoms with van der Waals surface area (Å²) in [7, 11) is 0. The molecule has 0 saturated carbocycles. The highest BCUT2D eigenvalue weighted by molar-refractivity contribution is 5.96. The second kappa shape index (κ2) is 8.42. The zero-order valence-electron chi connectivity index (χ0n) is 15.6. The van der Waals surface area contributed by atoms with Crippen LogP contribution in [-0.4, -0.2) is 28.5 Å². The summed E-state index contributed by atoms with van der Waals surface area (Å²) in [5.74, 6) is -2.30. The molecular formula is C20H19N3O6. The molecule has 0 unspecified atom stereocenters. The van der Waals surface area contributed by atoms with Crippen LogP contribution in [0.2, 0.25) is 0 Å². The van der Waals surface area contributed by atoms with Crippen molar-refractivity contribution >= 4 is 34.6 Å². The van der Waals surface area contributed by atoms with Crippen LogP contribution in [0.3, 0.4) is 0 Å². The number of hydrogen-bond donors (Lipinski definition) is 2. The van der Waals surface area contributed by atoms with Gasteiger partial charge in [0.2, 0.25) is 5.91 Å². The van der Waals surface area contributed by atoms with Gasteiger partial charge in [-0.05, 0) is 43.3 Å². The fourth-order valence-electron chi connectivity index (χ4n) is 2.70. The topological polar surface area (TPSA) is 134 Å². The van der Waals surface area contributed by atoms with Gasteiger partial charge in [0.15, 0.2) is 11.7 Å². The lowest BCUT2D eigenvalue weighted by Crippen LogP contribution is -2.30. The molecule has 2 aromatic carbocycles. The second-order valence-corrected chi connectivity index (χ2v) is 6.30. The number of fused-ring (bicyclic) bond motifs is 1. The van der Waals surface area contributed by atoms with Gasteiger partial charge >= 0.3 is 11.7 Å². The Kier molecular flexibility index (Phi) is 5.77. The number of para-hydroxylation sites is 2. The molecule has 9 nitrogen and oxygen atoms in total. The molecule has 0 aliphatic heterocycles. The maximum absolute atomic E-state index is 12.2. The lowest BCUT2D eigenvalue weighted by Gasteiger charge is -2.13. The third-order valence-corrected chi connectivity index (χ3v) is 4.23. The quantitative estimate of drug-likeness (QED) is 0.582. The smallest absolute Gasteiger partial charge is 0.419 e. The van der Waals surface area contributed by atoms with Crippen molar-refractivity contribution in [3.63, 3.8) is 0 Å². The molecule has 3 N–H and O–H groups in total. The number of ether oxygens (including phenoxy) is 1. The van der Waals surface area contributed by atoms with E-state index < -0.39 is 29.6 Å². The fraction of sp³-hybridized carbons (Fsp3) is 0.200. The molecule has 3 rings (SSSR count). The Morgan fingerprint density at radius 1 is 1.14 bits per heavy atom. The summed E-state index contributed by atoms with van der Waals surface area (Å²) in [6.07, 6.45) is -1.15. The summed E-state index contributed by atoms with van der Waals surface area (Å²) < 4.78 is 11.6. The van der Waals surface area contributed by atoms with E-state index in [4.69, 9.17) is 14.9 Å². The van der Waals surface area contributed by atoms with Crippen molar-refractivity contribution in [3.8, 4) is 0 Å². The van der Waals surface area contributed by atoms with E-state index in [2.05, 4.69) is 5.32 Å². The number of carbonyl (C=O) groups excluding carboxylic acids is 3. The average Bonchev–Trinajstić information content (AvgIpc) is 3.01. The van der Waals surface area contributed by atoms with Gasteiger partial charge in [-0.15, -0.1) is 0 Å².